The van der Waals surface area contributed by atoms with Crippen molar-refractivity contribution in [2.45, 2.75) is 24.3 Å². The Labute approximate surface area is 127 Å². The maximum Gasteiger partial charge on any atom is 0.242 e. The van der Waals surface area contributed by atoms with Crippen molar-refractivity contribution in [3.05, 3.63) is 27.7 Å². The van der Waals surface area contributed by atoms with Crippen molar-refractivity contribution in [1.29, 1.82) is 0 Å². The van der Waals surface area contributed by atoms with Crippen LogP contribution in [0.3, 0.4) is 0 Å². The fourth-order valence-corrected chi connectivity index (χ4v) is 3.30. The maximum atomic E-state index is 12.0. The van der Waals surface area contributed by atoms with E-state index in [4.69, 9.17) is 17.3 Å². The van der Waals surface area contributed by atoms with Crippen molar-refractivity contribution < 1.29 is 8.42 Å². The molecule has 0 saturated heterocycles. The molecule has 0 amide bonds. The van der Waals surface area contributed by atoms with E-state index in [9.17, 15) is 8.42 Å². The third-order valence-corrected chi connectivity index (χ3v) is 4.78. The number of nitrogens with two attached hydrogens (primary N) is 1. The Morgan fingerprint density at radius 1 is 1.44 bits per heavy atom. The van der Waals surface area contributed by atoms with Gasteiger partial charge in [-0.15, -0.1) is 12.4 Å². The van der Waals surface area contributed by atoms with Crippen LogP contribution in [0.15, 0.2) is 27.6 Å². The van der Waals surface area contributed by atoms with Crippen molar-refractivity contribution >= 4 is 50.0 Å². The highest BCUT2D eigenvalue weighted by atomic mass is 79.9. The molecule has 1 aromatic rings. The number of halogens is 3. The molecule has 0 aliphatic carbocycles. The molecule has 0 atom stereocenters. The molecule has 8 heteroatoms. The third-order valence-electron chi connectivity index (χ3n) is 1.92. The number of nitrogens with one attached hydrogen (secondary N) is 1. The van der Waals surface area contributed by atoms with Crippen LogP contribution < -0.4 is 10.5 Å². The highest BCUT2D eigenvalue weighted by Crippen LogP contribution is 2.29. The zero-order chi connectivity index (χ0) is 13.3. The first-order valence-corrected chi connectivity index (χ1v) is 7.51. The topological polar surface area (TPSA) is 72.2 Å². The summed E-state index contributed by atoms with van der Waals surface area (Å²) >= 11 is 9.11. The zero-order valence-corrected chi connectivity index (χ0v) is 13.9. The predicted octanol–water partition coefficient (Wildman–Crippen LogP) is 2.54. The molecule has 0 aliphatic rings. The number of hydrogen-bond donors (Lipinski definition) is 2. The minimum atomic E-state index is -3.64. The van der Waals surface area contributed by atoms with Crippen LogP contribution >= 0.6 is 39.9 Å². The molecule has 0 bridgehead atoms. The maximum absolute atomic E-state index is 12.0. The van der Waals surface area contributed by atoms with E-state index in [1.807, 2.05) is 0 Å². The largest absolute Gasteiger partial charge is 0.324 e. The predicted molar refractivity (Wildman–Crippen MR) is 79.9 cm³/mol. The van der Waals surface area contributed by atoms with Gasteiger partial charge in [0, 0.05) is 16.6 Å². The number of sulfonamides is 1. The van der Waals surface area contributed by atoms with E-state index in [1.165, 1.54) is 6.07 Å². The summed E-state index contributed by atoms with van der Waals surface area (Å²) in [5.41, 5.74) is 5.10. The SMILES string of the molecule is CC(C)(N)CNS(=O)(=O)c1cccc(Br)c1Cl.Cl. The van der Waals surface area contributed by atoms with Crippen LogP contribution in [0.1, 0.15) is 13.8 Å². The first-order chi connectivity index (χ1) is 7.63. The third kappa shape index (κ3) is 5.03. The normalized spacial score (nSPS) is 12.1. The summed E-state index contributed by atoms with van der Waals surface area (Å²) in [6, 6.07) is 4.73. The van der Waals surface area contributed by atoms with Gasteiger partial charge in [0.15, 0.2) is 0 Å². The molecule has 3 N–H and O–H groups in total. The lowest BCUT2D eigenvalue weighted by atomic mass is 10.1. The molecule has 0 heterocycles. The molecule has 0 unspecified atom stereocenters. The molecule has 0 radical (unpaired) electrons. The summed E-state index contributed by atoms with van der Waals surface area (Å²) in [6.45, 7) is 3.61. The Morgan fingerprint density at radius 2 is 2.00 bits per heavy atom. The van der Waals surface area contributed by atoms with Gasteiger partial charge >= 0.3 is 0 Å². The summed E-state index contributed by atoms with van der Waals surface area (Å²) in [7, 11) is -3.64. The van der Waals surface area contributed by atoms with Crippen LogP contribution in [0.4, 0.5) is 0 Å². The van der Waals surface area contributed by atoms with Gasteiger partial charge in [-0.1, -0.05) is 17.7 Å². The summed E-state index contributed by atoms with van der Waals surface area (Å²) in [4.78, 5) is 0.0396. The molecule has 1 rings (SSSR count). The van der Waals surface area contributed by atoms with Gasteiger partial charge in [0.2, 0.25) is 10.0 Å². The molecule has 104 valence electrons. The molecule has 18 heavy (non-hydrogen) atoms. The van der Waals surface area contributed by atoms with Crippen LogP contribution in [-0.4, -0.2) is 20.5 Å². The quantitative estimate of drug-likeness (QED) is 0.846. The van der Waals surface area contributed by atoms with Crippen molar-refractivity contribution in [3.8, 4) is 0 Å². The molecule has 0 aliphatic heterocycles. The van der Waals surface area contributed by atoms with E-state index in [0.29, 0.717) is 4.47 Å². The van der Waals surface area contributed by atoms with E-state index < -0.39 is 15.6 Å². The fourth-order valence-electron chi connectivity index (χ4n) is 1.05. The Kier molecular flexibility index (Phi) is 6.60. The summed E-state index contributed by atoms with van der Waals surface area (Å²) in [6.07, 6.45) is 0. The lowest BCUT2D eigenvalue weighted by Crippen LogP contribution is -2.45. The average Bonchev–Trinajstić information content (AvgIpc) is 2.18. The molecule has 0 fully saturated rings. The first-order valence-electron chi connectivity index (χ1n) is 4.86. The van der Waals surface area contributed by atoms with E-state index in [-0.39, 0.29) is 28.9 Å². The second kappa shape index (κ2) is 6.54. The lowest BCUT2D eigenvalue weighted by Gasteiger charge is -2.19. The van der Waals surface area contributed by atoms with E-state index >= 15 is 0 Å². The molecular formula is C10H15BrCl2N2O2S. The van der Waals surface area contributed by atoms with Gasteiger partial charge in [0.1, 0.15) is 4.90 Å². The summed E-state index contributed by atoms with van der Waals surface area (Å²) < 4.78 is 26.9. The molecule has 0 aromatic heterocycles. The van der Waals surface area contributed by atoms with Crippen molar-refractivity contribution in [2.24, 2.45) is 5.73 Å². The van der Waals surface area contributed by atoms with Crippen LogP contribution in [0.5, 0.6) is 0 Å². The summed E-state index contributed by atoms with van der Waals surface area (Å²) in [5.74, 6) is 0. The number of hydrogen-bond acceptors (Lipinski definition) is 3. The van der Waals surface area contributed by atoms with Crippen molar-refractivity contribution in [2.75, 3.05) is 6.54 Å². The minimum Gasteiger partial charge on any atom is -0.324 e. The highest BCUT2D eigenvalue weighted by molar-refractivity contribution is 9.10. The standard InChI is InChI=1S/C10H14BrClN2O2S.ClH/c1-10(2,13)6-14-17(15,16)8-5-3-4-7(11)9(8)12;/h3-5,14H,6,13H2,1-2H3;1H. The van der Waals surface area contributed by atoms with Gasteiger partial charge in [0.05, 0.1) is 5.02 Å². The van der Waals surface area contributed by atoms with Gasteiger partial charge in [0.25, 0.3) is 0 Å². The first kappa shape index (κ1) is 18.1. The Hall–Kier alpha value is 0.150. The molecular weight excluding hydrogens is 363 g/mol. The Balaban J connectivity index is 0.00000289. The van der Waals surface area contributed by atoms with Gasteiger partial charge in [-0.2, -0.15) is 0 Å². The van der Waals surface area contributed by atoms with Crippen LogP contribution in [-0.2, 0) is 10.0 Å². The lowest BCUT2D eigenvalue weighted by molar-refractivity contribution is 0.498. The van der Waals surface area contributed by atoms with E-state index in [2.05, 4.69) is 20.7 Å². The minimum absolute atomic E-state index is 0. The van der Waals surface area contributed by atoms with Gasteiger partial charge in [-0.25, -0.2) is 13.1 Å². The van der Waals surface area contributed by atoms with Gasteiger partial charge in [-0.3, -0.25) is 0 Å². The monoisotopic (exact) mass is 376 g/mol. The second-order valence-electron chi connectivity index (χ2n) is 4.37. The molecule has 0 saturated carbocycles. The molecule has 1 aromatic carbocycles. The van der Waals surface area contributed by atoms with E-state index in [1.54, 1.807) is 26.0 Å². The van der Waals surface area contributed by atoms with Gasteiger partial charge < -0.3 is 5.73 Å². The van der Waals surface area contributed by atoms with Crippen molar-refractivity contribution in [3.63, 3.8) is 0 Å². The molecule has 4 nitrogen and oxygen atoms in total. The smallest absolute Gasteiger partial charge is 0.242 e. The average molecular weight is 378 g/mol. The highest BCUT2D eigenvalue weighted by Gasteiger charge is 2.21. The molecule has 0 spiro atoms. The van der Waals surface area contributed by atoms with Crippen LogP contribution in [0.2, 0.25) is 5.02 Å². The zero-order valence-electron chi connectivity index (χ0n) is 9.91. The number of benzene rings is 1. The van der Waals surface area contributed by atoms with Gasteiger partial charge in [-0.05, 0) is 41.9 Å². The Bertz CT molecular complexity index is 515. The number of rotatable bonds is 4. The summed E-state index contributed by atoms with van der Waals surface area (Å²) in [5, 5.41) is 0.162. The van der Waals surface area contributed by atoms with E-state index in [0.717, 1.165) is 0 Å². The van der Waals surface area contributed by atoms with Crippen molar-refractivity contribution in [1.82, 2.24) is 4.72 Å². The van der Waals surface area contributed by atoms with Crippen LogP contribution in [0, 0.1) is 0 Å². The fraction of sp³-hybridized carbons (Fsp3) is 0.400. The Morgan fingerprint density at radius 3 is 2.50 bits per heavy atom. The van der Waals surface area contributed by atoms with Crippen LogP contribution in [0.25, 0.3) is 0 Å². The second-order valence-corrected chi connectivity index (χ2v) is 7.33.